The average molecular weight is 286 g/mol. The maximum atomic E-state index is 11.7. The summed E-state index contributed by atoms with van der Waals surface area (Å²) >= 11 is 0. The van der Waals surface area contributed by atoms with Gasteiger partial charge in [0.1, 0.15) is 0 Å². The third kappa shape index (κ3) is 1.84. The monoisotopic (exact) mass is 286 g/mol. The molecule has 4 rings (SSSR count). The van der Waals surface area contributed by atoms with Crippen molar-refractivity contribution in [2.24, 2.45) is 29.1 Å². The maximum Gasteiger partial charge on any atom is 0.155 e. The third-order valence-electron chi connectivity index (χ3n) is 7.23. The molecule has 1 N–H and O–H groups in total. The molecule has 4 aliphatic rings. The van der Waals surface area contributed by atoms with Crippen molar-refractivity contribution in [1.82, 2.24) is 0 Å². The van der Waals surface area contributed by atoms with Crippen molar-refractivity contribution in [2.75, 3.05) is 0 Å². The molecule has 3 fully saturated rings. The summed E-state index contributed by atoms with van der Waals surface area (Å²) in [6, 6.07) is 0. The molecule has 0 aromatic carbocycles. The molecule has 5 unspecified atom stereocenters. The molecule has 3 saturated carbocycles. The van der Waals surface area contributed by atoms with Gasteiger partial charge in [-0.25, -0.2) is 0 Å². The summed E-state index contributed by atoms with van der Waals surface area (Å²) in [5, 5.41) is 10.6. The van der Waals surface area contributed by atoms with Crippen LogP contribution in [0.1, 0.15) is 51.9 Å². The fourth-order valence-corrected chi connectivity index (χ4v) is 6.11. The summed E-state index contributed by atoms with van der Waals surface area (Å²) in [6.07, 6.45) is 9.15. The molecular formula is C19H26O2. The van der Waals surface area contributed by atoms with Gasteiger partial charge < -0.3 is 5.11 Å². The van der Waals surface area contributed by atoms with E-state index in [1.807, 2.05) is 6.08 Å². The molecule has 21 heavy (non-hydrogen) atoms. The van der Waals surface area contributed by atoms with E-state index in [0.717, 1.165) is 49.5 Å². The van der Waals surface area contributed by atoms with Gasteiger partial charge in [-0.15, -0.1) is 0 Å². The van der Waals surface area contributed by atoms with Gasteiger partial charge in [0.15, 0.2) is 5.78 Å². The van der Waals surface area contributed by atoms with E-state index >= 15 is 0 Å². The lowest BCUT2D eigenvalue weighted by atomic mass is 9.52. The van der Waals surface area contributed by atoms with Gasteiger partial charge in [0, 0.05) is 11.8 Å². The molecular weight excluding hydrogens is 260 g/mol. The van der Waals surface area contributed by atoms with Crippen LogP contribution in [0.5, 0.6) is 0 Å². The van der Waals surface area contributed by atoms with Crippen molar-refractivity contribution >= 4 is 5.78 Å². The van der Waals surface area contributed by atoms with E-state index in [4.69, 9.17) is 0 Å². The van der Waals surface area contributed by atoms with Crippen LogP contribution in [0.15, 0.2) is 23.8 Å². The Kier molecular flexibility index (Phi) is 2.98. The average Bonchev–Trinajstić information content (AvgIpc) is 2.70. The van der Waals surface area contributed by atoms with E-state index in [1.165, 1.54) is 18.4 Å². The van der Waals surface area contributed by atoms with Crippen LogP contribution in [0.2, 0.25) is 0 Å². The molecule has 0 bridgehead atoms. The van der Waals surface area contributed by atoms with Gasteiger partial charge in [-0.05, 0) is 73.8 Å². The second-order valence-electron chi connectivity index (χ2n) is 8.11. The van der Waals surface area contributed by atoms with Crippen LogP contribution in [0.25, 0.3) is 0 Å². The quantitative estimate of drug-likeness (QED) is 0.690. The second-order valence-corrected chi connectivity index (χ2v) is 8.11. The second kappa shape index (κ2) is 4.55. The number of fused-ring (bicyclic) bond motifs is 5. The van der Waals surface area contributed by atoms with Gasteiger partial charge in [-0.1, -0.05) is 19.1 Å². The van der Waals surface area contributed by atoms with Crippen molar-refractivity contribution in [2.45, 2.75) is 58.0 Å². The van der Waals surface area contributed by atoms with E-state index in [1.54, 1.807) is 0 Å². The normalized spacial score (nSPS) is 49.2. The summed E-state index contributed by atoms with van der Waals surface area (Å²) in [5.41, 5.74) is 2.56. The standard InChI is InChI=1S/C19H26O2/c1-11-9-17-16-5-3-12-10-13(20)4-6-14(12)15(16)7-8-19(17,2)18(11)21/h10,14-18,21H,1,3-9H2,2H3/t14?,15?,16?,17?,18-,19?/m0/s1. The van der Waals surface area contributed by atoms with Crippen molar-refractivity contribution in [1.29, 1.82) is 0 Å². The van der Waals surface area contributed by atoms with Gasteiger partial charge in [-0.2, -0.15) is 0 Å². The highest BCUT2D eigenvalue weighted by Gasteiger charge is 2.57. The Labute approximate surface area is 127 Å². The van der Waals surface area contributed by atoms with E-state index in [2.05, 4.69) is 13.5 Å². The maximum absolute atomic E-state index is 11.7. The molecule has 2 nitrogen and oxygen atoms in total. The van der Waals surface area contributed by atoms with E-state index in [9.17, 15) is 9.90 Å². The predicted octanol–water partition coefficient (Wildman–Crippen LogP) is 3.66. The Morgan fingerprint density at radius 3 is 2.86 bits per heavy atom. The molecule has 6 atom stereocenters. The molecule has 2 heteroatoms. The van der Waals surface area contributed by atoms with Crippen LogP contribution >= 0.6 is 0 Å². The molecule has 0 aliphatic heterocycles. The van der Waals surface area contributed by atoms with Crippen molar-refractivity contribution < 1.29 is 9.90 Å². The Bertz CT molecular complexity index is 532. The summed E-state index contributed by atoms with van der Waals surface area (Å²) < 4.78 is 0. The van der Waals surface area contributed by atoms with Gasteiger partial charge >= 0.3 is 0 Å². The van der Waals surface area contributed by atoms with Crippen LogP contribution in [0, 0.1) is 29.1 Å². The number of rotatable bonds is 0. The minimum absolute atomic E-state index is 0.0595. The number of hydrogen-bond donors (Lipinski definition) is 1. The van der Waals surface area contributed by atoms with Crippen LogP contribution in [-0.2, 0) is 4.79 Å². The van der Waals surface area contributed by atoms with Gasteiger partial charge in [0.25, 0.3) is 0 Å². The molecule has 0 saturated heterocycles. The molecule has 0 radical (unpaired) electrons. The fraction of sp³-hybridized carbons (Fsp3) is 0.737. The summed E-state index contributed by atoms with van der Waals surface area (Å²) in [5.74, 6) is 3.07. The number of allylic oxidation sites excluding steroid dienone is 1. The zero-order valence-corrected chi connectivity index (χ0v) is 13.0. The molecule has 0 aromatic rings. The van der Waals surface area contributed by atoms with Gasteiger partial charge in [0.05, 0.1) is 6.10 Å². The lowest BCUT2D eigenvalue weighted by molar-refractivity contribution is -0.116. The van der Waals surface area contributed by atoms with Crippen LogP contribution < -0.4 is 0 Å². The minimum Gasteiger partial charge on any atom is -0.388 e. The van der Waals surface area contributed by atoms with Crippen molar-refractivity contribution in [3.05, 3.63) is 23.8 Å². The van der Waals surface area contributed by atoms with E-state index in [-0.39, 0.29) is 11.5 Å². The highest BCUT2D eigenvalue weighted by molar-refractivity contribution is 5.91. The first-order chi connectivity index (χ1) is 10.0. The first kappa shape index (κ1) is 13.8. The lowest BCUT2D eigenvalue weighted by Gasteiger charge is -2.53. The van der Waals surface area contributed by atoms with E-state index in [0.29, 0.717) is 17.6 Å². The van der Waals surface area contributed by atoms with Crippen LogP contribution in [0.4, 0.5) is 0 Å². The SMILES string of the molecule is C=C1CC2C3CCC4=CC(=O)CCC4C3CCC2(C)[C@H]1O. The number of aliphatic hydroxyl groups is 1. The largest absolute Gasteiger partial charge is 0.388 e. The molecule has 0 heterocycles. The van der Waals surface area contributed by atoms with Gasteiger partial charge in [-0.3, -0.25) is 4.79 Å². The van der Waals surface area contributed by atoms with Gasteiger partial charge in [0.2, 0.25) is 0 Å². The molecule has 4 aliphatic carbocycles. The Morgan fingerprint density at radius 2 is 2.05 bits per heavy atom. The van der Waals surface area contributed by atoms with E-state index < -0.39 is 0 Å². The zero-order valence-electron chi connectivity index (χ0n) is 13.0. The minimum atomic E-state index is -0.298. The Hall–Kier alpha value is -0.890. The number of carbonyl (C=O) groups excluding carboxylic acids is 1. The molecule has 114 valence electrons. The Balaban J connectivity index is 1.65. The molecule has 0 amide bonds. The lowest BCUT2D eigenvalue weighted by Crippen LogP contribution is -2.47. The smallest absolute Gasteiger partial charge is 0.155 e. The number of aliphatic hydroxyl groups excluding tert-OH is 1. The number of ketones is 1. The van der Waals surface area contributed by atoms with Crippen LogP contribution in [-0.4, -0.2) is 17.0 Å². The zero-order chi connectivity index (χ0) is 14.8. The van der Waals surface area contributed by atoms with Crippen molar-refractivity contribution in [3.8, 4) is 0 Å². The predicted molar refractivity (Wildman–Crippen MR) is 82.6 cm³/mol. The summed E-state index contributed by atoms with van der Waals surface area (Å²) in [7, 11) is 0. The first-order valence-electron chi connectivity index (χ1n) is 8.60. The topological polar surface area (TPSA) is 37.3 Å². The molecule has 0 spiro atoms. The third-order valence-corrected chi connectivity index (χ3v) is 7.23. The van der Waals surface area contributed by atoms with Crippen molar-refractivity contribution in [3.63, 3.8) is 0 Å². The fourth-order valence-electron chi connectivity index (χ4n) is 6.11. The summed E-state index contributed by atoms with van der Waals surface area (Å²) in [4.78, 5) is 11.7. The molecule has 0 aromatic heterocycles. The highest BCUT2D eigenvalue weighted by atomic mass is 16.3. The van der Waals surface area contributed by atoms with Crippen LogP contribution in [0.3, 0.4) is 0 Å². The number of carbonyl (C=O) groups is 1. The number of hydrogen-bond acceptors (Lipinski definition) is 2. The first-order valence-corrected chi connectivity index (χ1v) is 8.60. The Morgan fingerprint density at radius 1 is 1.24 bits per heavy atom. The summed E-state index contributed by atoms with van der Waals surface area (Å²) in [6.45, 7) is 6.41. The highest BCUT2D eigenvalue weighted by Crippen LogP contribution is 2.62.